The van der Waals surface area contributed by atoms with Crippen molar-refractivity contribution in [2.45, 2.75) is 43.4 Å². The maximum absolute atomic E-state index is 13.9. The number of sulfone groups is 1. The Labute approximate surface area is 203 Å². The monoisotopic (exact) mass is 507 g/mol. The van der Waals surface area contributed by atoms with Crippen molar-refractivity contribution < 1.29 is 26.4 Å². The molecule has 0 radical (unpaired) electrons. The van der Waals surface area contributed by atoms with Crippen molar-refractivity contribution in [2.24, 2.45) is 5.92 Å². The third-order valence-electron chi connectivity index (χ3n) is 5.11. The number of benzene rings is 2. The second-order valence-electron chi connectivity index (χ2n) is 8.54. The van der Waals surface area contributed by atoms with E-state index in [1.54, 1.807) is 44.2 Å². The van der Waals surface area contributed by atoms with Crippen LogP contribution in [0.25, 0.3) is 12.2 Å². The quantitative estimate of drug-likeness (QED) is 0.364. The summed E-state index contributed by atoms with van der Waals surface area (Å²) in [6.07, 6.45) is 0.0589. The van der Waals surface area contributed by atoms with Crippen molar-refractivity contribution in [1.82, 2.24) is 10.6 Å². The lowest BCUT2D eigenvalue weighted by Crippen LogP contribution is -2.49. The lowest BCUT2D eigenvalue weighted by molar-refractivity contribution is -0.161. The van der Waals surface area contributed by atoms with Gasteiger partial charge in [-0.2, -0.15) is 18.4 Å². The summed E-state index contributed by atoms with van der Waals surface area (Å²) in [5.74, 6) is -0.704. The number of amides is 1. The zero-order chi connectivity index (χ0) is 26.2. The van der Waals surface area contributed by atoms with Crippen molar-refractivity contribution >= 4 is 27.9 Å². The van der Waals surface area contributed by atoms with Gasteiger partial charge in [-0.3, -0.25) is 10.1 Å². The third kappa shape index (κ3) is 8.85. The zero-order valence-corrected chi connectivity index (χ0v) is 20.5. The Morgan fingerprint density at radius 3 is 1.97 bits per heavy atom. The molecule has 0 aliphatic rings. The van der Waals surface area contributed by atoms with Crippen molar-refractivity contribution in [3.8, 4) is 6.07 Å². The highest BCUT2D eigenvalue weighted by molar-refractivity contribution is 7.90. The molecule has 10 heteroatoms. The van der Waals surface area contributed by atoms with Crippen molar-refractivity contribution in [3.05, 3.63) is 65.2 Å². The number of nitriles is 1. The Morgan fingerprint density at radius 2 is 1.54 bits per heavy atom. The van der Waals surface area contributed by atoms with Gasteiger partial charge in [-0.1, -0.05) is 62.4 Å². The van der Waals surface area contributed by atoms with Gasteiger partial charge in [0.15, 0.2) is 9.84 Å². The molecule has 188 valence electrons. The number of hydrogen-bond donors (Lipinski definition) is 2. The molecule has 0 spiro atoms. The molecule has 35 heavy (non-hydrogen) atoms. The third-order valence-corrected chi connectivity index (χ3v) is 6.24. The molecule has 0 unspecified atom stereocenters. The fourth-order valence-electron chi connectivity index (χ4n) is 3.37. The summed E-state index contributed by atoms with van der Waals surface area (Å²) in [6.45, 7) is 3.30. The topological polar surface area (TPSA) is 99.1 Å². The van der Waals surface area contributed by atoms with E-state index in [-0.39, 0.29) is 29.3 Å². The van der Waals surface area contributed by atoms with E-state index in [0.29, 0.717) is 5.56 Å². The molecular formula is C25H28F3N3O3S. The van der Waals surface area contributed by atoms with Gasteiger partial charge in [-0.05, 0) is 41.2 Å². The van der Waals surface area contributed by atoms with Crippen LogP contribution in [0.5, 0.6) is 0 Å². The van der Waals surface area contributed by atoms with Crippen LogP contribution < -0.4 is 10.6 Å². The van der Waals surface area contributed by atoms with Gasteiger partial charge in [0.25, 0.3) is 0 Å². The largest absolute Gasteiger partial charge is 0.407 e. The summed E-state index contributed by atoms with van der Waals surface area (Å²) < 4.78 is 64.8. The van der Waals surface area contributed by atoms with Gasteiger partial charge in [0.05, 0.1) is 17.0 Å². The standard InChI is InChI=1S/C25H28F3N3O3S/c1-17(2)16-22(24(32)30-15-14-29)31-23(25(26,27)28)20-10-6-18(7-11-20)4-5-19-8-12-21(13-9-19)35(3,33)34/h4-13,17,22-23,31H,15-16H2,1-3H3,(H,30,32)/t22-,23-/m0/s1. The SMILES string of the molecule is CC(C)C[C@H](N[C@@H](c1ccc(C=Cc2ccc(S(C)(=O)=O)cc2)cc1)C(F)(F)F)C(=O)NCC#N. The molecule has 0 aliphatic carbocycles. The highest BCUT2D eigenvalue weighted by Crippen LogP contribution is 2.34. The van der Waals surface area contributed by atoms with E-state index in [9.17, 15) is 26.4 Å². The Hall–Kier alpha value is -3.16. The van der Waals surface area contributed by atoms with E-state index >= 15 is 0 Å². The van der Waals surface area contributed by atoms with Crippen LogP contribution >= 0.6 is 0 Å². The van der Waals surface area contributed by atoms with Crippen LogP contribution in [-0.4, -0.2) is 39.3 Å². The predicted molar refractivity (Wildman–Crippen MR) is 129 cm³/mol. The zero-order valence-electron chi connectivity index (χ0n) is 19.6. The van der Waals surface area contributed by atoms with Crippen molar-refractivity contribution in [3.63, 3.8) is 0 Å². The molecule has 0 aromatic heterocycles. The molecule has 0 fully saturated rings. The first kappa shape index (κ1) is 28.1. The molecule has 6 nitrogen and oxygen atoms in total. The number of hydrogen-bond acceptors (Lipinski definition) is 5. The van der Waals surface area contributed by atoms with E-state index in [2.05, 4.69) is 10.6 Å². The first-order valence-corrected chi connectivity index (χ1v) is 12.8. The van der Waals surface area contributed by atoms with E-state index in [4.69, 9.17) is 5.26 Å². The Kier molecular flexibility index (Phi) is 9.63. The Balaban J connectivity index is 2.22. The van der Waals surface area contributed by atoms with E-state index in [1.807, 2.05) is 0 Å². The molecule has 0 aliphatic heterocycles. The second kappa shape index (κ2) is 12.0. The average molecular weight is 508 g/mol. The number of carbonyl (C=O) groups is 1. The minimum atomic E-state index is -4.65. The lowest BCUT2D eigenvalue weighted by Gasteiger charge is -2.28. The lowest BCUT2D eigenvalue weighted by atomic mass is 9.98. The van der Waals surface area contributed by atoms with Crippen LogP contribution in [0.4, 0.5) is 13.2 Å². The van der Waals surface area contributed by atoms with Crippen LogP contribution in [0.15, 0.2) is 53.4 Å². The fraction of sp³-hybridized carbons (Fsp3) is 0.360. The van der Waals surface area contributed by atoms with E-state index in [1.165, 1.54) is 36.4 Å². The van der Waals surface area contributed by atoms with Gasteiger partial charge in [0, 0.05) is 6.26 Å². The van der Waals surface area contributed by atoms with Crippen molar-refractivity contribution in [1.29, 1.82) is 5.26 Å². The number of alkyl halides is 3. The number of rotatable bonds is 10. The van der Waals surface area contributed by atoms with E-state index in [0.717, 1.165) is 11.8 Å². The highest BCUT2D eigenvalue weighted by atomic mass is 32.2. The summed E-state index contributed by atoms with van der Waals surface area (Å²) in [7, 11) is -3.30. The van der Waals surface area contributed by atoms with Crippen LogP contribution in [-0.2, 0) is 14.6 Å². The van der Waals surface area contributed by atoms with Crippen LogP contribution in [0, 0.1) is 17.2 Å². The molecule has 1 amide bonds. The molecule has 2 N–H and O–H groups in total. The molecule has 2 atom stereocenters. The smallest absolute Gasteiger partial charge is 0.342 e. The number of halogens is 3. The minimum Gasteiger partial charge on any atom is -0.342 e. The molecular weight excluding hydrogens is 479 g/mol. The molecule has 2 aromatic rings. The maximum atomic E-state index is 13.9. The van der Waals surface area contributed by atoms with Crippen LogP contribution in [0.1, 0.15) is 43.0 Å². The van der Waals surface area contributed by atoms with Gasteiger partial charge in [-0.25, -0.2) is 8.42 Å². The average Bonchev–Trinajstić information content (AvgIpc) is 2.78. The molecule has 0 heterocycles. The summed E-state index contributed by atoms with van der Waals surface area (Å²) in [5.41, 5.74) is 1.33. The van der Waals surface area contributed by atoms with Crippen LogP contribution in [0.3, 0.4) is 0 Å². The molecule has 2 rings (SSSR count). The van der Waals surface area contributed by atoms with Crippen LogP contribution in [0.2, 0.25) is 0 Å². The normalized spacial score (nSPS) is 14.0. The number of nitrogens with zero attached hydrogens (tertiary/aromatic N) is 1. The fourth-order valence-corrected chi connectivity index (χ4v) is 4.00. The Morgan fingerprint density at radius 1 is 1.03 bits per heavy atom. The summed E-state index contributed by atoms with van der Waals surface area (Å²) in [4.78, 5) is 12.5. The van der Waals surface area contributed by atoms with Gasteiger partial charge in [0.1, 0.15) is 12.6 Å². The molecule has 0 saturated carbocycles. The summed E-state index contributed by atoms with van der Waals surface area (Å²) >= 11 is 0. The van der Waals surface area contributed by atoms with Gasteiger partial charge in [0.2, 0.25) is 5.91 Å². The maximum Gasteiger partial charge on any atom is 0.407 e. The molecule has 0 saturated heterocycles. The minimum absolute atomic E-state index is 0.0472. The van der Waals surface area contributed by atoms with E-state index < -0.39 is 34.0 Å². The van der Waals surface area contributed by atoms with Gasteiger partial charge >= 0.3 is 6.18 Å². The number of nitrogens with one attached hydrogen (secondary N) is 2. The first-order valence-electron chi connectivity index (χ1n) is 10.9. The molecule has 2 aromatic carbocycles. The van der Waals surface area contributed by atoms with Gasteiger partial charge < -0.3 is 5.32 Å². The highest BCUT2D eigenvalue weighted by Gasteiger charge is 2.42. The second-order valence-corrected chi connectivity index (χ2v) is 10.6. The predicted octanol–water partition coefficient (Wildman–Crippen LogP) is 4.51. The first-order chi connectivity index (χ1) is 16.3. The van der Waals surface area contributed by atoms with Crippen molar-refractivity contribution in [2.75, 3.05) is 12.8 Å². The molecule has 0 bridgehead atoms. The van der Waals surface area contributed by atoms with Gasteiger partial charge in [-0.15, -0.1) is 0 Å². The summed E-state index contributed by atoms with van der Waals surface area (Å²) in [5, 5.41) is 13.4. The Bertz CT molecular complexity index is 1170. The summed E-state index contributed by atoms with van der Waals surface area (Å²) in [6, 6.07) is 10.5. The number of carbonyl (C=O) groups excluding carboxylic acids is 1.